The number of hydrogen-bond donors (Lipinski definition) is 1. The summed E-state index contributed by atoms with van der Waals surface area (Å²) in [5.74, 6) is -0.227. The number of piperidine rings is 1. The molecule has 2 fully saturated rings. The van der Waals surface area contributed by atoms with Gasteiger partial charge in [-0.1, -0.05) is 0 Å². The minimum absolute atomic E-state index is 0. The summed E-state index contributed by atoms with van der Waals surface area (Å²) in [4.78, 5) is 88.0. The normalized spacial score (nSPS) is 15.2. The quantitative estimate of drug-likeness (QED) is 0.187. The average Bonchev–Trinajstić information content (AvgIpc) is 3.75. The first-order valence-electron chi connectivity index (χ1n) is 17.0. The lowest BCUT2D eigenvalue weighted by molar-refractivity contribution is -0.133. The van der Waals surface area contributed by atoms with Gasteiger partial charge in [0, 0.05) is 67.0 Å². The van der Waals surface area contributed by atoms with Gasteiger partial charge in [0.25, 0.3) is 11.1 Å². The number of halogens is 2. The number of aromatic nitrogens is 8. The Hall–Kier alpha value is -4.30. The zero-order valence-electron chi connectivity index (χ0n) is 31.0. The van der Waals surface area contributed by atoms with Crippen molar-refractivity contribution in [3.05, 3.63) is 54.3 Å². The maximum atomic E-state index is 12.6. The van der Waals surface area contributed by atoms with Gasteiger partial charge in [0.2, 0.25) is 11.8 Å². The predicted octanol–water partition coefficient (Wildman–Crippen LogP) is -1.90. The maximum absolute atomic E-state index is 12.6. The summed E-state index contributed by atoms with van der Waals surface area (Å²) in [6, 6.07) is 0.500. The standard InChI is InChI=1S/C16H24N6O4.C16H24N6O3.2ClH/c1-19-14-13(15(24)20(2)16(19)25)22(11-18-14)10-12(23)17-4-3-5-21-6-8-26-9-7-21;1-18(2)11-5-7-21(8-6-11)12(23)9-22-10-17-14-13(22)15(24)20(4)16(25)19(14)3;;/h11H,3-10H2,1-2H3,(H,17,23);10-11H,5-9H2,1-4H3;2*1H. The molecule has 1 N–H and O–H groups in total. The lowest BCUT2D eigenvalue weighted by Crippen LogP contribution is -2.45. The number of nitrogens with zero attached hydrogens (tertiary/aromatic N) is 11. The fourth-order valence-corrected chi connectivity index (χ4v) is 6.48. The number of aryl methyl sites for hydroxylation is 2. The van der Waals surface area contributed by atoms with Gasteiger partial charge in [-0.25, -0.2) is 19.6 Å². The van der Waals surface area contributed by atoms with Crippen molar-refractivity contribution in [3.8, 4) is 0 Å². The molecule has 4 aromatic rings. The molecule has 294 valence electrons. The first kappa shape index (κ1) is 43.1. The van der Waals surface area contributed by atoms with Crippen LogP contribution in [0.25, 0.3) is 22.3 Å². The number of ether oxygens (including phenoxy) is 1. The van der Waals surface area contributed by atoms with Crippen LogP contribution in [0.3, 0.4) is 0 Å². The molecule has 2 aliphatic heterocycles. The van der Waals surface area contributed by atoms with Crippen LogP contribution in [0.4, 0.5) is 0 Å². The largest absolute Gasteiger partial charge is 0.379 e. The summed E-state index contributed by atoms with van der Waals surface area (Å²) in [5, 5.41) is 2.86. The Bertz CT molecular complexity index is 2130. The second-order valence-corrected chi connectivity index (χ2v) is 13.2. The second-order valence-electron chi connectivity index (χ2n) is 13.2. The van der Waals surface area contributed by atoms with Crippen molar-refractivity contribution < 1.29 is 14.3 Å². The Morgan fingerprint density at radius 3 is 1.75 bits per heavy atom. The molecular weight excluding hydrogens is 735 g/mol. The van der Waals surface area contributed by atoms with E-state index in [9.17, 15) is 28.8 Å². The molecule has 2 aliphatic rings. The number of amides is 2. The summed E-state index contributed by atoms with van der Waals surface area (Å²) in [7, 11) is 10.1. The van der Waals surface area contributed by atoms with Gasteiger partial charge in [-0.15, -0.1) is 24.8 Å². The number of likely N-dealkylation sites (tertiary alicyclic amines) is 1. The summed E-state index contributed by atoms with van der Waals surface area (Å²) in [6.07, 6.45) is 5.61. The van der Waals surface area contributed by atoms with Gasteiger partial charge in [0.1, 0.15) is 13.1 Å². The van der Waals surface area contributed by atoms with Crippen LogP contribution in [0.1, 0.15) is 19.3 Å². The SMILES string of the molecule is CN(C)C1CCN(C(=O)Cn2cnc3c2c(=O)n(C)c(=O)n3C)CC1.Cl.Cl.Cn1c(=O)c2c(ncn2CC(=O)NCCCN2CCOCC2)n(C)c1=O. The molecule has 2 amide bonds. The van der Waals surface area contributed by atoms with Gasteiger partial charge in [-0.2, -0.15) is 0 Å². The number of imidazole rings is 2. The molecule has 53 heavy (non-hydrogen) atoms. The van der Waals surface area contributed by atoms with E-state index in [0.29, 0.717) is 31.3 Å². The predicted molar refractivity (Wildman–Crippen MR) is 203 cm³/mol. The highest BCUT2D eigenvalue weighted by Crippen LogP contribution is 2.15. The summed E-state index contributed by atoms with van der Waals surface area (Å²) in [6.45, 7) is 6.33. The molecular formula is C32H50Cl2N12O7. The van der Waals surface area contributed by atoms with Crippen molar-refractivity contribution in [2.45, 2.75) is 38.4 Å². The molecule has 0 saturated carbocycles. The van der Waals surface area contributed by atoms with Gasteiger partial charge < -0.3 is 29.0 Å². The zero-order valence-corrected chi connectivity index (χ0v) is 32.7. The molecule has 6 heterocycles. The zero-order chi connectivity index (χ0) is 37.0. The van der Waals surface area contributed by atoms with Gasteiger partial charge in [-0.05, 0) is 39.9 Å². The van der Waals surface area contributed by atoms with Crippen molar-refractivity contribution in [1.29, 1.82) is 0 Å². The van der Waals surface area contributed by atoms with E-state index in [4.69, 9.17) is 4.74 Å². The minimum Gasteiger partial charge on any atom is -0.379 e. The van der Waals surface area contributed by atoms with Crippen LogP contribution in [-0.4, -0.2) is 137 Å². The molecule has 19 nitrogen and oxygen atoms in total. The van der Waals surface area contributed by atoms with Gasteiger partial charge in [0.05, 0.1) is 25.9 Å². The Labute approximate surface area is 317 Å². The number of carbonyl (C=O) groups excluding carboxylic acids is 2. The number of hydrogen-bond acceptors (Lipinski definition) is 11. The third kappa shape index (κ3) is 9.45. The fraction of sp³-hybridized carbons (Fsp3) is 0.625. The van der Waals surface area contributed by atoms with Crippen LogP contribution in [0, 0.1) is 0 Å². The molecule has 0 atom stereocenters. The molecule has 21 heteroatoms. The molecule has 0 spiro atoms. The Morgan fingerprint density at radius 1 is 0.774 bits per heavy atom. The summed E-state index contributed by atoms with van der Waals surface area (Å²) in [5.41, 5.74) is -0.666. The highest BCUT2D eigenvalue weighted by molar-refractivity contribution is 5.85. The Kier molecular flexibility index (Phi) is 15.2. The lowest BCUT2D eigenvalue weighted by Gasteiger charge is -2.35. The van der Waals surface area contributed by atoms with Crippen molar-refractivity contribution in [1.82, 2.24) is 57.4 Å². The van der Waals surface area contributed by atoms with E-state index in [2.05, 4.69) is 39.2 Å². The number of morpholine rings is 1. The van der Waals surface area contributed by atoms with Crippen molar-refractivity contribution in [2.24, 2.45) is 28.2 Å². The molecule has 0 radical (unpaired) electrons. The molecule has 0 unspecified atom stereocenters. The number of rotatable bonds is 9. The third-order valence-electron chi connectivity index (χ3n) is 9.68. The van der Waals surface area contributed by atoms with Crippen LogP contribution in [0.2, 0.25) is 0 Å². The molecule has 0 bridgehead atoms. The van der Waals surface area contributed by atoms with Crippen molar-refractivity contribution >= 4 is 59.0 Å². The van der Waals surface area contributed by atoms with E-state index in [1.54, 1.807) is 14.1 Å². The van der Waals surface area contributed by atoms with Crippen molar-refractivity contribution in [2.75, 3.05) is 66.6 Å². The van der Waals surface area contributed by atoms with Gasteiger partial charge in [0.15, 0.2) is 22.3 Å². The van der Waals surface area contributed by atoms with Crippen LogP contribution in [0.5, 0.6) is 0 Å². The average molecular weight is 786 g/mol. The van der Waals surface area contributed by atoms with E-state index in [0.717, 1.165) is 61.2 Å². The van der Waals surface area contributed by atoms with E-state index in [1.807, 2.05) is 4.90 Å². The van der Waals surface area contributed by atoms with Crippen LogP contribution in [0.15, 0.2) is 31.8 Å². The first-order chi connectivity index (χ1) is 24.3. The van der Waals surface area contributed by atoms with E-state index in [1.165, 1.54) is 45.0 Å². The molecule has 6 rings (SSSR count). The molecule has 0 aromatic carbocycles. The molecule has 2 saturated heterocycles. The van der Waals surface area contributed by atoms with Crippen LogP contribution in [-0.2, 0) is 55.6 Å². The second kappa shape index (κ2) is 18.6. The maximum Gasteiger partial charge on any atom is 0.332 e. The summed E-state index contributed by atoms with van der Waals surface area (Å²) >= 11 is 0. The van der Waals surface area contributed by atoms with E-state index >= 15 is 0 Å². The van der Waals surface area contributed by atoms with Crippen LogP contribution >= 0.6 is 24.8 Å². The Balaban J connectivity index is 0.000000275. The van der Waals surface area contributed by atoms with Crippen LogP contribution < -0.4 is 27.8 Å². The molecule has 0 aliphatic carbocycles. The number of nitrogens with one attached hydrogen (secondary N) is 1. The topological polar surface area (TPSA) is 189 Å². The third-order valence-corrected chi connectivity index (χ3v) is 9.68. The number of carbonyl (C=O) groups is 2. The highest BCUT2D eigenvalue weighted by Gasteiger charge is 2.25. The highest BCUT2D eigenvalue weighted by atomic mass is 35.5. The number of fused-ring (bicyclic) bond motifs is 2. The first-order valence-corrected chi connectivity index (χ1v) is 17.0. The van der Waals surface area contributed by atoms with Crippen molar-refractivity contribution in [3.63, 3.8) is 0 Å². The van der Waals surface area contributed by atoms with E-state index < -0.39 is 22.5 Å². The van der Waals surface area contributed by atoms with Gasteiger partial charge >= 0.3 is 11.4 Å². The molecule has 4 aromatic heterocycles. The monoisotopic (exact) mass is 784 g/mol. The van der Waals surface area contributed by atoms with E-state index in [-0.39, 0.29) is 66.4 Å². The lowest BCUT2D eigenvalue weighted by atomic mass is 10.0. The van der Waals surface area contributed by atoms with Gasteiger partial charge in [-0.3, -0.25) is 42.3 Å². The minimum atomic E-state index is -0.458. The fourth-order valence-electron chi connectivity index (χ4n) is 6.48. The smallest absolute Gasteiger partial charge is 0.332 e. The Morgan fingerprint density at radius 2 is 1.26 bits per heavy atom. The summed E-state index contributed by atoms with van der Waals surface area (Å²) < 4.78 is 13.0.